The second-order valence-electron chi connectivity index (χ2n) is 5.97. The predicted octanol–water partition coefficient (Wildman–Crippen LogP) is 3.26. The molecular formula is C18H27ClN2O3. The first-order chi connectivity index (χ1) is 11.7. The number of rotatable bonds is 9. The molecule has 1 saturated heterocycles. The molecule has 0 aliphatic carbocycles. The molecule has 1 atom stereocenters. The van der Waals surface area contributed by atoms with E-state index in [1.54, 1.807) is 12.1 Å². The van der Waals surface area contributed by atoms with Crippen molar-refractivity contribution < 1.29 is 14.3 Å². The molecular weight excluding hydrogens is 328 g/mol. The van der Waals surface area contributed by atoms with Crippen LogP contribution in [0.2, 0.25) is 5.02 Å². The first-order valence-electron chi connectivity index (χ1n) is 8.73. The minimum absolute atomic E-state index is 0.133. The van der Waals surface area contributed by atoms with Gasteiger partial charge in [0.2, 0.25) is 0 Å². The van der Waals surface area contributed by atoms with Gasteiger partial charge in [0.25, 0.3) is 5.91 Å². The number of ether oxygens (including phenoxy) is 2. The van der Waals surface area contributed by atoms with E-state index in [9.17, 15) is 4.79 Å². The maximum Gasteiger partial charge on any atom is 0.251 e. The average molecular weight is 355 g/mol. The number of benzene rings is 1. The van der Waals surface area contributed by atoms with E-state index < -0.39 is 0 Å². The Morgan fingerprint density at radius 2 is 2.21 bits per heavy atom. The smallest absolute Gasteiger partial charge is 0.251 e. The van der Waals surface area contributed by atoms with Gasteiger partial charge in [0.15, 0.2) is 11.5 Å². The van der Waals surface area contributed by atoms with E-state index in [1.165, 1.54) is 6.42 Å². The fraction of sp³-hybridized carbons (Fsp3) is 0.611. The number of amides is 1. The van der Waals surface area contributed by atoms with Crippen molar-refractivity contribution >= 4 is 17.5 Å². The molecule has 1 unspecified atom stereocenters. The normalized spacial score (nSPS) is 16.9. The van der Waals surface area contributed by atoms with Gasteiger partial charge in [0, 0.05) is 12.1 Å². The zero-order valence-electron chi connectivity index (χ0n) is 14.5. The summed E-state index contributed by atoms with van der Waals surface area (Å²) in [6.07, 6.45) is 3.04. The Hall–Kier alpha value is -1.46. The summed E-state index contributed by atoms with van der Waals surface area (Å²) in [5.74, 6) is 1.54. The van der Waals surface area contributed by atoms with Crippen molar-refractivity contribution in [1.82, 2.24) is 10.6 Å². The summed E-state index contributed by atoms with van der Waals surface area (Å²) in [5.41, 5.74) is 0.497. The molecule has 0 radical (unpaired) electrons. The molecule has 6 heteroatoms. The van der Waals surface area contributed by atoms with Crippen LogP contribution in [0.1, 0.15) is 43.5 Å². The molecule has 0 spiro atoms. The van der Waals surface area contributed by atoms with E-state index in [1.807, 2.05) is 13.8 Å². The third-order valence-electron chi connectivity index (χ3n) is 4.02. The van der Waals surface area contributed by atoms with Crippen molar-refractivity contribution in [3.05, 3.63) is 22.7 Å². The van der Waals surface area contributed by atoms with Crippen LogP contribution in [0.4, 0.5) is 0 Å². The van der Waals surface area contributed by atoms with Crippen LogP contribution in [-0.4, -0.2) is 38.8 Å². The van der Waals surface area contributed by atoms with Gasteiger partial charge in [-0.15, -0.1) is 0 Å². The zero-order chi connectivity index (χ0) is 17.4. The average Bonchev–Trinajstić information content (AvgIpc) is 3.07. The molecule has 1 aliphatic heterocycles. The third kappa shape index (κ3) is 5.28. The molecule has 1 aromatic carbocycles. The van der Waals surface area contributed by atoms with E-state index in [2.05, 4.69) is 10.6 Å². The largest absolute Gasteiger partial charge is 0.490 e. The van der Waals surface area contributed by atoms with Gasteiger partial charge in [0.05, 0.1) is 18.2 Å². The number of halogens is 1. The Labute approximate surface area is 149 Å². The Kier molecular flexibility index (Phi) is 7.66. The quantitative estimate of drug-likeness (QED) is 0.714. The summed E-state index contributed by atoms with van der Waals surface area (Å²) < 4.78 is 11.3. The number of hydrogen-bond acceptors (Lipinski definition) is 4. The highest BCUT2D eigenvalue weighted by Gasteiger charge is 2.17. The molecule has 134 valence electrons. The molecule has 1 heterocycles. The molecule has 2 rings (SSSR count). The molecule has 1 aromatic rings. The highest BCUT2D eigenvalue weighted by atomic mass is 35.5. The molecule has 5 nitrogen and oxygen atoms in total. The van der Waals surface area contributed by atoms with Crippen molar-refractivity contribution in [3.63, 3.8) is 0 Å². The first kappa shape index (κ1) is 18.9. The van der Waals surface area contributed by atoms with Gasteiger partial charge in [-0.05, 0) is 57.3 Å². The summed E-state index contributed by atoms with van der Waals surface area (Å²) in [5, 5.41) is 6.70. The second-order valence-corrected chi connectivity index (χ2v) is 6.38. The van der Waals surface area contributed by atoms with Gasteiger partial charge in [0.1, 0.15) is 0 Å². The van der Waals surface area contributed by atoms with Crippen LogP contribution in [0, 0.1) is 5.92 Å². The molecule has 1 aliphatic rings. The Balaban J connectivity index is 2.00. The Bertz CT molecular complexity index is 545. The first-order valence-corrected chi connectivity index (χ1v) is 9.11. The number of carbonyl (C=O) groups is 1. The van der Waals surface area contributed by atoms with Crippen LogP contribution in [0.15, 0.2) is 12.1 Å². The predicted molar refractivity (Wildman–Crippen MR) is 96.3 cm³/mol. The summed E-state index contributed by atoms with van der Waals surface area (Å²) >= 11 is 6.29. The lowest BCUT2D eigenvalue weighted by molar-refractivity contribution is 0.0951. The maximum atomic E-state index is 12.4. The summed E-state index contributed by atoms with van der Waals surface area (Å²) in [4.78, 5) is 12.4. The molecule has 1 fully saturated rings. The molecule has 0 saturated carbocycles. The maximum absolute atomic E-state index is 12.4. The van der Waals surface area contributed by atoms with Gasteiger partial charge in [-0.1, -0.05) is 18.5 Å². The standard InChI is InChI=1S/C18H27ClN2O3/c1-3-9-24-17-15(19)10-14(11-16(17)23-4-2)18(22)21-8-6-13-5-7-20-12-13/h10-11,13,20H,3-9,12H2,1-2H3,(H,21,22). The van der Waals surface area contributed by atoms with Gasteiger partial charge in [-0.25, -0.2) is 0 Å². The lowest BCUT2D eigenvalue weighted by Gasteiger charge is -2.15. The summed E-state index contributed by atoms with van der Waals surface area (Å²) in [6, 6.07) is 3.34. The molecule has 0 bridgehead atoms. The minimum Gasteiger partial charge on any atom is -0.490 e. The Morgan fingerprint density at radius 1 is 1.38 bits per heavy atom. The van der Waals surface area contributed by atoms with Gasteiger partial charge >= 0.3 is 0 Å². The summed E-state index contributed by atoms with van der Waals surface area (Å²) in [7, 11) is 0. The Morgan fingerprint density at radius 3 is 2.88 bits per heavy atom. The summed E-state index contributed by atoms with van der Waals surface area (Å²) in [6.45, 7) is 7.74. The van der Waals surface area contributed by atoms with Crippen molar-refractivity contribution in [3.8, 4) is 11.5 Å². The molecule has 2 N–H and O–H groups in total. The van der Waals surface area contributed by atoms with Crippen molar-refractivity contribution in [1.29, 1.82) is 0 Å². The van der Waals surface area contributed by atoms with Crippen LogP contribution in [0.5, 0.6) is 11.5 Å². The fourth-order valence-corrected chi connectivity index (χ4v) is 3.02. The number of carbonyl (C=O) groups excluding carboxylic acids is 1. The second kappa shape index (κ2) is 9.74. The van der Waals surface area contributed by atoms with E-state index >= 15 is 0 Å². The van der Waals surface area contributed by atoms with Gasteiger partial charge in [-0.2, -0.15) is 0 Å². The van der Waals surface area contributed by atoms with Gasteiger partial charge in [-0.3, -0.25) is 4.79 Å². The monoisotopic (exact) mass is 354 g/mol. The fourth-order valence-electron chi connectivity index (χ4n) is 2.76. The zero-order valence-corrected chi connectivity index (χ0v) is 15.2. The van der Waals surface area contributed by atoms with Crippen LogP contribution in [0.25, 0.3) is 0 Å². The van der Waals surface area contributed by atoms with Crippen molar-refractivity contribution in [2.75, 3.05) is 32.8 Å². The SMILES string of the molecule is CCCOc1c(Cl)cc(C(=O)NCCC2CCNC2)cc1OCC. The highest BCUT2D eigenvalue weighted by molar-refractivity contribution is 6.32. The van der Waals surface area contributed by atoms with Crippen molar-refractivity contribution in [2.45, 2.75) is 33.1 Å². The topological polar surface area (TPSA) is 59.6 Å². The highest BCUT2D eigenvalue weighted by Crippen LogP contribution is 2.36. The lowest BCUT2D eigenvalue weighted by atomic mass is 10.1. The van der Waals surface area contributed by atoms with Gasteiger partial charge < -0.3 is 20.1 Å². The van der Waals surface area contributed by atoms with E-state index in [4.69, 9.17) is 21.1 Å². The third-order valence-corrected chi connectivity index (χ3v) is 4.30. The van der Waals surface area contributed by atoms with E-state index in [0.717, 1.165) is 25.9 Å². The molecule has 1 amide bonds. The van der Waals surface area contributed by atoms with Crippen molar-refractivity contribution in [2.24, 2.45) is 5.92 Å². The van der Waals surface area contributed by atoms with Crippen LogP contribution < -0.4 is 20.1 Å². The number of nitrogens with one attached hydrogen (secondary N) is 2. The molecule has 0 aromatic heterocycles. The lowest BCUT2D eigenvalue weighted by Crippen LogP contribution is -2.26. The van der Waals surface area contributed by atoms with E-state index in [0.29, 0.717) is 47.8 Å². The van der Waals surface area contributed by atoms with E-state index in [-0.39, 0.29) is 5.91 Å². The van der Waals surface area contributed by atoms with Crippen LogP contribution in [0.3, 0.4) is 0 Å². The molecule has 24 heavy (non-hydrogen) atoms. The number of hydrogen-bond donors (Lipinski definition) is 2. The van der Waals surface area contributed by atoms with Crippen LogP contribution >= 0.6 is 11.6 Å². The minimum atomic E-state index is -0.133. The van der Waals surface area contributed by atoms with Crippen LogP contribution in [-0.2, 0) is 0 Å².